The second-order valence-corrected chi connectivity index (χ2v) is 8.97. The van der Waals surface area contributed by atoms with E-state index in [-0.39, 0.29) is 17.7 Å². The minimum Gasteiger partial charge on any atom is -0.497 e. The van der Waals surface area contributed by atoms with Crippen molar-refractivity contribution in [3.05, 3.63) is 78.0 Å². The predicted octanol–water partition coefficient (Wildman–Crippen LogP) is 4.32. The maximum atomic E-state index is 12.8. The molecule has 4 rings (SSSR count). The van der Waals surface area contributed by atoms with Crippen molar-refractivity contribution in [3.63, 3.8) is 0 Å². The summed E-state index contributed by atoms with van der Waals surface area (Å²) in [4.78, 5) is 32.1. The third-order valence-corrected chi connectivity index (χ3v) is 6.47. The Kier molecular flexibility index (Phi) is 8.97. The van der Waals surface area contributed by atoms with E-state index < -0.39 is 0 Å². The van der Waals surface area contributed by atoms with Gasteiger partial charge in [0.15, 0.2) is 0 Å². The number of nitrogens with zero attached hydrogens (tertiary/aromatic N) is 2. The molecule has 0 saturated carbocycles. The number of aromatic nitrogens is 1. The fourth-order valence-corrected chi connectivity index (χ4v) is 4.40. The van der Waals surface area contributed by atoms with Crippen LogP contribution < -0.4 is 25.0 Å². The molecule has 2 amide bonds. The molecule has 1 saturated heterocycles. The van der Waals surface area contributed by atoms with Crippen LogP contribution in [0.5, 0.6) is 11.5 Å². The SMILES string of the molecule is CCOc1ccc(CCNC(=O)C2CCN(c3cc(C(=O)Nc4cccc(OC)c4)ccn3)CC2)cc1. The van der Waals surface area contributed by atoms with E-state index in [0.29, 0.717) is 43.2 Å². The van der Waals surface area contributed by atoms with Crippen molar-refractivity contribution in [2.24, 2.45) is 5.92 Å². The number of amides is 2. The normalized spacial score (nSPS) is 13.6. The van der Waals surface area contributed by atoms with Crippen LogP contribution in [0, 0.1) is 5.92 Å². The highest BCUT2D eigenvalue weighted by molar-refractivity contribution is 6.04. The van der Waals surface area contributed by atoms with Gasteiger partial charge in [-0.25, -0.2) is 4.98 Å². The Morgan fingerprint density at radius 2 is 1.81 bits per heavy atom. The van der Waals surface area contributed by atoms with Crippen molar-refractivity contribution < 1.29 is 19.1 Å². The van der Waals surface area contributed by atoms with E-state index in [4.69, 9.17) is 9.47 Å². The Morgan fingerprint density at radius 1 is 1.03 bits per heavy atom. The van der Waals surface area contributed by atoms with Crippen molar-refractivity contribution in [3.8, 4) is 11.5 Å². The number of carbonyl (C=O) groups excluding carboxylic acids is 2. The van der Waals surface area contributed by atoms with Crippen molar-refractivity contribution in [2.75, 3.05) is 43.6 Å². The van der Waals surface area contributed by atoms with E-state index >= 15 is 0 Å². The monoisotopic (exact) mass is 502 g/mol. The fourth-order valence-electron chi connectivity index (χ4n) is 4.40. The zero-order chi connectivity index (χ0) is 26.0. The number of anilines is 2. The van der Waals surface area contributed by atoms with Gasteiger partial charge in [-0.1, -0.05) is 18.2 Å². The Hall–Kier alpha value is -4.07. The minimum absolute atomic E-state index is 0.0175. The molecule has 2 aromatic carbocycles. The van der Waals surface area contributed by atoms with E-state index in [2.05, 4.69) is 20.5 Å². The van der Waals surface area contributed by atoms with Crippen LogP contribution in [0.25, 0.3) is 0 Å². The molecule has 0 atom stereocenters. The standard InChI is InChI=1S/C29H34N4O4/c1-3-37-25-9-7-21(8-10-25)11-15-31-28(34)22-13-17-33(18-14-22)27-19-23(12-16-30-27)29(35)32-24-5-4-6-26(20-24)36-2/h4-10,12,16,19-20,22H,3,11,13-15,17-18H2,1-2H3,(H,31,34)(H,32,35). The van der Waals surface area contributed by atoms with Crippen LogP contribution in [0.3, 0.4) is 0 Å². The van der Waals surface area contributed by atoms with Gasteiger partial charge in [-0.2, -0.15) is 0 Å². The molecule has 8 heteroatoms. The maximum Gasteiger partial charge on any atom is 0.255 e. The third kappa shape index (κ3) is 7.22. The van der Waals surface area contributed by atoms with Gasteiger partial charge in [0, 0.05) is 49.1 Å². The predicted molar refractivity (Wildman–Crippen MR) is 144 cm³/mol. The van der Waals surface area contributed by atoms with Crippen molar-refractivity contribution >= 4 is 23.3 Å². The molecule has 194 valence electrons. The number of hydrogen-bond acceptors (Lipinski definition) is 6. The molecule has 0 radical (unpaired) electrons. The number of methoxy groups -OCH3 is 1. The molecule has 0 unspecified atom stereocenters. The van der Waals surface area contributed by atoms with Gasteiger partial charge < -0.3 is 25.0 Å². The first-order valence-electron chi connectivity index (χ1n) is 12.7. The highest BCUT2D eigenvalue weighted by Crippen LogP contribution is 2.23. The summed E-state index contributed by atoms with van der Waals surface area (Å²) in [5.41, 5.74) is 2.36. The number of piperidine rings is 1. The van der Waals surface area contributed by atoms with Crippen molar-refractivity contribution in [1.29, 1.82) is 0 Å². The van der Waals surface area contributed by atoms with E-state index in [1.54, 1.807) is 31.5 Å². The lowest BCUT2D eigenvalue weighted by Crippen LogP contribution is -2.41. The molecule has 1 aliphatic rings. The topological polar surface area (TPSA) is 92.8 Å². The zero-order valence-corrected chi connectivity index (χ0v) is 21.4. The molecular weight excluding hydrogens is 468 g/mol. The van der Waals surface area contributed by atoms with Gasteiger partial charge in [0.1, 0.15) is 17.3 Å². The molecule has 0 spiro atoms. The first-order chi connectivity index (χ1) is 18.1. The summed E-state index contributed by atoms with van der Waals surface area (Å²) >= 11 is 0. The van der Waals surface area contributed by atoms with Crippen LogP contribution in [0.4, 0.5) is 11.5 Å². The second kappa shape index (κ2) is 12.8. The van der Waals surface area contributed by atoms with Gasteiger partial charge in [0.05, 0.1) is 13.7 Å². The quantitative estimate of drug-likeness (QED) is 0.429. The molecule has 0 aliphatic carbocycles. The molecule has 1 aromatic heterocycles. The highest BCUT2D eigenvalue weighted by Gasteiger charge is 2.25. The van der Waals surface area contributed by atoms with Crippen LogP contribution in [0.2, 0.25) is 0 Å². The number of ether oxygens (including phenoxy) is 2. The van der Waals surface area contributed by atoms with Crippen LogP contribution in [0.1, 0.15) is 35.7 Å². The van der Waals surface area contributed by atoms with Crippen molar-refractivity contribution in [1.82, 2.24) is 10.3 Å². The Morgan fingerprint density at radius 3 is 2.54 bits per heavy atom. The van der Waals surface area contributed by atoms with E-state index in [1.165, 1.54) is 5.56 Å². The Bertz CT molecular complexity index is 1190. The molecule has 2 N–H and O–H groups in total. The number of rotatable bonds is 10. The smallest absolute Gasteiger partial charge is 0.255 e. The van der Waals surface area contributed by atoms with Crippen LogP contribution in [-0.2, 0) is 11.2 Å². The molecule has 1 fully saturated rings. The minimum atomic E-state index is -0.210. The number of carbonyl (C=O) groups is 2. The van der Waals surface area contributed by atoms with Gasteiger partial charge >= 0.3 is 0 Å². The third-order valence-electron chi connectivity index (χ3n) is 6.47. The average Bonchev–Trinajstić information content (AvgIpc) is 2.94. The molecule has 0 bridgehead atoms. The second-order valence-electron chi connectivity index (χ2n) is 8.97. The zero-order valence-electron chi connectivity index (χ0n) is 21.4. The highest BCUT2D eigenvalue weighted by atomic mass is 16.5. The van der Waals surface area contributed by atoms with Gasteiger partial charge in [-0.05, 0) is 68.1 Å². The summed E-state index contributed by atoms with van der Waals surface area (Å²) < 4.78 is 10.7. The molecule has 37 heavy (non-hydrogen) atoms. The van der Waals surface area contributed by atoms with Gasteiger partial charge in [-0.15, -0.1) is 0 Å². The summed E-state index contributed by atoms with van der Waals surface area (Å²) in [6, 6.07) is 18.7. The lowest BCUT2D eigenvalue weighted by atomic mass is 9.95. The molecular formula is C29H34N4O4. The average molecular weight is 503 g/mol. The number of hydrogen-bond donors (Lipinski definition) is 2. The summed E-state index contributed by atoms with van der Waals surface area (Å²) in [5, 5.41) is 5.98. The summed E-state index contributed by atoms with van der Waals surface area (Å²) in [6.45, 7) is 4.65. The van der Waals surface area contributed by atoms with Gasteiger partial charge in [0.25, 0.3) is 5.91 Å². The summed E-state index contributed by atoms with van der Waals surface area (Å²) in [7, 11) is 1.59. The fraction of sp³-hybridized carbons (Fsp3) is 0.345. The van der Waals surface area contributed by atoms with Crippen LogP contribution >= 0.6 is 0 Å². The van der Waals surface area contributed by atoms with Crippen LogP contribution in [0.15, 0.2) is 66.9 Å². The largest absolute Gasteiger partial charge is 0.497 e. The summed E-state index contributed by atoms with van der Waals surface area (Å²) in [5.74, 6) is 2.16. The Balaban J connectivity index is 1.24. The molecule has 1 aliphatic heterocycles. The van der Waals surface area contributed by atoms with E-state index in [1.807, 2.05) is 49.4 Å². The lowest BCUT2D eigenvalue weighted by Gasteiger charge is -2.32. The van der Waals surface area contributed by atoms with Crippen LogP contribution in [-0.4, -0.2) is 50.1 Å². The van der Waals surface area contributed by atoms with E-state index in [9.17, 15) is 9.59 Å². The van der Waals surface area contributed by atoms with Gasteiger partial charge in [-0.3, -0.25) is 9.59 Å². The lowest BCUT2D eigenvalue weighted by molar-refractivity contribution is -0.125. The number of benzene rings is 2. The molecule has 8 nitrogen and oxygen atoms in total. The van der Waals surface area contributed by atoms with E-state index in [0.717, 1.165) is 30.8 Å². The number of nitrogens with one attached hydrogen (secondary N) is 2. The number of pyridine rings is 1. The first kappa shape index (κ1) is 26.0. The first-order valence-corrected chi connectivity index (χ1v) is 12.7. The summed E-state index contributed by atoms with van der Waals surface area (Å²) in [6.07, 6.45) is 3.93. The van der Waals surface area contributed by atoms with Crippen molar-refractivity contribution in [2.45, 2.75) is 26.2 Å². The van der Waals surface area contributed by atoms with Gasteiger partial charge in [0.2, 0.25) is 5.91 Å². The Labute approximate surface area is 218 Å². The maximum absolute atomic E-state index is 12.8. The molecule has 2 heterocycles. The molecule has 3 aromatic rings.